The van der Waals surface area contributed by atoms with E-state index in [1.54, 1.807) is 20.8 Å². The van der Waals surface area contributed by atoms with Crippen LogP contribution in [0.2, 0.25) is 0 Å². The summed E-state index contributed by atoms with van der Waals surface area (Å²) in [5.74, 6) is 2.25. The number of nitrogens with zero attached hydrogens (tertiary/aromatic N) is 3. The zero-order valence-corrected chi connectivity index (χ0v) is 21.2. The molecule has 186 valence electrons. The first-order valence-corrected chi connectivity index (χ1v) is 12.4. The lowest BCUT2D eigenvalue weighted by Crippen LogP contribution is -2.45. The number of terminal acetylenes is 1. The first-order chi connectivity index (χ1) is 17.2. The smallest absolute Gasteiger partial charge is 0.411 e. The van der Waals surface area contributed by atoms with Gasteiger partial charge in [-0.3, -0.25) is 9.69 Å². The van der Waals surface area contributed by atoms with E-state index in [-0.39, 0.29) is 18.6 Å². The Morgan fingerprint density at radius 3 is 2.56 bits per heavy atom. The Labute approximate surface area is 214 Å². The average molecular weight is 505 g/mol. The molecule has 0 bridgehead atoms. The molecule has 3 aromatic rings. The fourth-order valence-electron chi connectivity index (χ4n) is 3.85. The maximum Gasteiger partial charge on any atom is 0.411 e. The molecule has 1 N–H and O–H groups in total. The van der Waals surface area contributed by atoms with Gasteiger partial charge >= 0.3 is 6.09 Å². The SMILES string of the molecule is C#Cc1ccc(CO[C@H]2CC(C(=O)Nc3snnc3-c3ccccc3)N(C(=O)OC(C)(C)C)C2)cc1. The van der Waals surface area contributed by atoms with E-state index in [0.717, 1.165) is 28.2 Å². The molecule has 8 nitrogen and oxygen atoms in total. The van der Waals surface area contributed by atoms with Gasteiger partial charge in [-0.15, -0.1) is 11.5 Å². The quantitative estimate of drug-likeness (QED) is 0.488. The highest BCUT2D eigenvalue weighted by Crippen LogP contribution is 2.31. The summed E-state index contributed by atoms with van der Waals surface area (Å²) in [6, 6.07) is 16.2. The Morgan fingerprint density at radius 1 is 1.17 bits per heavy atom. The van der Waals surface area contributed by atoms with Gasteiger partial charge in [0.25, 0.3) is 0 Å². The van der Waals surface area contributed by atoms with E-state index >= 15 is 0 Å². The van der Waals surface area contributed by atoms with Crippen molar-refractivity contribution in [3.8, 4) is 23.6 Å². The van der Waals surface area contributed by atoms with E-state index in [0.29, 0.717) is 23.7 Å². The van der Waals surface area contributed by atoms with Gasteiger partial charge in [-0.25, -0.2) is 4.79 Å². The number of carbonyl (C=O) groups is 2. The van der Waals surface area contributed by atoms with Crippen molar-refractivity contribution in [1.29, 1.82) is 0 Å². The highest BCUT2D eigenvalue weighted by molar-refractivity contribution is 7.10. The third kappa shape index (κ3) is 6.27. The lowest BCUT2D eigenvalue weighted by Gasteiger charge is -2.27. The van der Waals surface area contributed by atoms with Crippen molar-refractivity contribution in [2.45, 2.75) is 51.5 Å². The normalized spacial score (nSPS) is 17.4. The largest absolute Gasteiger partial charge is 0.444 e. The van der Waals surface area contributed by atoms with Crippen molar-refractivity contribution in [2.24, 2.45) is 0 Å². The summed E-state index contributed by atoms with van der Waals surface area (Å²) in [6.07, 6.45) is 4.86. The summed E-state index contributed by atoms with van der Waals surface area (Å²) < 4.78 is 15.7. The topological polar surface area (TPSA) is 93.6 Å². The number of hydrogen-bond acceptors (Lipinski definition) is 7. The monoisotopic (exact) mass is 504 g/mol. The summed E-state index contributed by atoms with van der Waals surface area (Å²) in [7, 11) is 0. The molecule has 36 heavy (non-hydrogen) atoms. The van der Waals surface area contributed by atoms with Crippen LogP contribution in [0.5, 0.6) is 0 Å². The number of anilines is 1. The zero-order chi connectivity index (χ0) is 25.7. The van der Waals surface area contributed by atoms with Crippen molar-refractivity contribution < 1.29 is 19.1 Å². The predicted octanol–water partition coefficient (Wildman–Crippen LogP) is 4.72. The summed E-state index contributed by atoms with van der Waals surface area (Å²) in [5, 5.41) is 7.61. The van der Waals surface area contributed by atoms with Crippen LogP contribution in [0.1, 0.15) is 38.3 Å². The third-order valence-electron chi connectivity index (χ3n) is 5.57. The van der Waals surface area contributed by atoms with E-state index < -0.39 is 17.7 Å². The predicted molar refractivity (Wildman–Crippen MR) is 138 cm³/mol. The molecule has 2 aromatic carbocycles. The minimum Gasteiger partial charge on any atom is -0.444 e. The number of ether oxygens (including phenoxy) is 2. The molecule has 1 fully saturated rings. The summed E-state index contributed by atoms with van der Waals surface area (Å²) >= 11 is 1.09. The van der Waals surface area contributed by atoms with Crippen LogP contribution in [0.4, 0.5) is 9.80 Å². The molecule has 2 atom stereocenters. The van der Waals surface area contributed by atoms with E-state index in [4.69, 9.17) is 15.9 Å². The first-order valence-electron chi connectivity index (χ1n) is 11.6. The Kier molecular flexibility index (Phi) is 7.67. The minimum atomic E-state index is -0.764. The van der Waals surface area contributed by atoms with Crippen LogP contribution in [0, 0.1) is 12.3 Å². The second kappa shape index (κ2) is 10.9. The molecule has 1 saturated heterocycles. The Balaban J connectivity index is 1.48. The number of hydrogen-bond donors (Lipinski definition) is 1. The summed E-state index contributed by atoms with van der Waals surface area (Å²) in [4.78, 5) is 27.8. The molecule has 1 aliphatic rings. The second-order valence-corrected chi connectivity index (χ2v) is 10.2. The fourth-order valence-corrected chi connectivity index (χ4v) is 4.45. The Bertz CT molecular complexity index is 1250. The van der Waals surface area contributed by atoms with Crippen LogP contribution in [-0.2, 0) is 20.9 Å². The molecule has 2 heterocycles. The van der Waals surface area contributed by atoms with Gasteiger partial charge in [0.1, 0.15) is 22.3 Å². The summed E-state index contributed by atoms with van der Waals surface area (Å²) in [6.45, 7) is 5.95. The van der Waals surface area contributed by atoms with Gasteiger partial charge in [-0.2, -0.15) is 0 Å². The van der Waals surface area contributed by atoms with Gasteiger partial charge in [-0.1, -0.05) is 52.9 Å². The van der Waals surface area contributed by atoms with Gasteiger partial charge < -0.3 is 14.8 Å². The van der Waals surface area contributed by atoms with Gasteiger partial charge in [0.2, 0.25) is 5.91 Å². The van der Waals surface area contributed by atoms with E-state index in [1.807, 2.05) is 54.6 Å². The molecule has 1 unspecified atom stereocenters. The minimum absolute atomic E-state index is 0.238. The number of nitrogens with one attached hydrogen (secondary N) is 1. The van der Waals surface area contributed by atoms with Crippen molar-refractivity contribution in [3.05, 3.63) is 65.7 Å². The molecule has 9 heteroatoms. The van der Waals surface area contributed by atoms with Crippen LogP contribution in [0.25, 0.3) is 11.3 Å². The maximum atomic E-state index is 13.4. The number of aromatic nitrogens is 2. The first kappa shape index (κ1) is 25.4. The van der Waals surface area contributed by atoms with Crippen LogP contribution in [-0.4, -0.2) is 50.8 Å². The van der Waals surface area contributed by atoms with Crippen LogP contribution < -0.4 is 5.32 Å². The number of rotatable bonds is 6. The number of carbonyl (C=O) groups excluding carboxylic acids is 2. The molecule has 0 radical (unpaired) electrons. The van der Waals surface area contributed by atoms with Crippen molar-refractivity contribution in [2.75, 3.05) is 11.9 Å². The van der Waals surface area contributed by atoms with Crippen molar-refractivity contribution >= 4 is 28.5 Å². The van der Waals surface area contributed by atoms with E-state index in [9.17, 15) is 9.59 Å². The summed E-state index contributed by atoms with van der Waals surface area (Å²) in [5.41, 5.74) is 2.47. The number of likely N-dealkylation sites (tertiary alicyclic amines) is 1. The van der Waals surface area contributed by atoms with Crippen molar-refractivity contribution in [1.82, 2.24) is 14.5 Å². The van der Waals surface area contributed by atoms with Gasteiger partial charge in [0.05, 0.1) is 19.3 Å². The fraction of sp³-hybridized carbons (Fsp3) is 0.333. The molecular formula is C27H28N4O4S. The molecule has 0 saturated carbocycles. The molecule has 0 aliphatic carbocycles. The molecule has 0 spiro atoms. The Hall–Kier alpha value is -3.74. The van der Waals surface area contributed by atoms with Crippen LogP contribution in [0.15, 0.2) is 54.6 Å². The van der Waals surface area contributed by atoms with Gasteiger partial charge in [0, 0.05) is 29.1 Å². The molecule has 4 rings (SSSR count). The van der Waals surface area contributed by atoms with E-state index in [1.165, 1.54) is 4.90 Å². The van der Waals surface area contributed by atoms with Crippen molar-refractivity contribution in [3.63, 3.8) is 0 Å². The van der Waals surface area contributed by atoms with Crippen LogP contribution in [0.3, 0.4) is 0 Å². The standard InChI is InChI=1S/C27H28N4O4S/c1-5-18-11-13-19(14-12-18)17-34-21-15-22(31(16-21)26(33)35-27(2,3)4)24(32)28-25-23(29-30-36-25)20-9-7-6-8-10-20/h1,6-14,21-22H,15-17H2,2-4H3,(H,28,32)/t21-,22?/m0/s1. The maximum absolute atomic E-state index is 13.4. The molecular weight excluding hydrogens is 476 g/mol. The number of benzene rings is 2. The second-order valence-electron chi connectivity index (χ2n) is 9.46. The molecule has 1 aliphatic heterocycles. The van der Waals surface area contributed by atoms with Gasteiger partial charge in [0.15, 0.2) is 0 Å². The molecule has 2 amide bonds. The van der Waals surface area contributed by atoms with Gasteiger partial charge in [-0.05, 0) is 38.5 Å². The average Bonchev–Trinajstić information content (AvgIpc) is 3.50. The Morgan fingerprint density at radius 2 is 1.89 bits per heavy atom. The lowest BCUT2D eigenvalue weighted by atomic mass is 10.1. The lowest BCUT2D eigenvalue weighted by molar-refractivity contribution is -0.120. The zero-order valence-electron chi connectivity index (χ0n) is 20.4. The number of amides is 2. The highest BCUT2D eigenvalue weighted by atomic mass is 32.1. The van der Waals surface area contributed by atoms with E-state index in [2.05, 4.69) is 20.8 Å². The van der Waals surface area contributed by atoms with Crippen LogP contribution >= 0.6 is 11.5 Å². The third-order valence-corrected chi connectivity index (χ3v) is 6.21. The highest BCUT2D eigenvalue weighted by Gasteiger charge is 2.42. The molecule has 1 aromatic heterocycles.